The summed E-state index contributed by atoms with van der Waals surface area (Å²) in [5, 5.41) is 5.70. The van der Waals surface area contributed by atoms with Crippen LogP contribution >= 0.6 is 11.6 Å². The average Bonchev–Trinajstić information content (AvgIpc) is 2.60. The summed E-state index contributed by atoms with van der Waals surface area (Å²) in [7, 11) is 3.10. The molecule has 0 fully saturated rings. The molecule has 0 atom stereocenters. The van der Waals surface area contributed by atoms with Crippen molar-refractivity contribution in [2.75, 3.05) is 19.5 Å². The van der Waals surface area contributed by atoms with Gasteiger partial charge < -0.3 is 20.1 Å². The van der Waals surface area contributed by atoms with Crippen LogP contribution in [0.3, 0.4) is 0 Å². The van der Waals surface area contributed by atoms with Crippen LogP contribution in [0.1, 0.15) is 22.8 Å². The summed E-state index contributed by atoms with van der Waals surface area (Å²) in [5.74, 6) is 0.619. The maximum Gasteiger partial charge on any atom is 0.253 e. The molecule has 0 heterocycles. The molecule has 2 aromatic rings. The first kappa shape index (κ1) is 18.6. The number of ether oxygens (including phenoxy) is 2. The molecule has 0 saturated heterocycles. The van der Waals surface area contributed by atoms with Crippen molar-refractivity contribution >= 4 is 29.1 Å². The van der Waals surface area contributed by atoms with E-state index >= 15 is 0 Å². The summed E-state index contributed by atoms with van der Waals surface area (Å²) in [5.41, 5.74) is 1.48. The highest BCUT2D eigenvalue weighted by Crippen LogP contribution is 2.28. The molecule has 0 aliphatic heterocycles. The summed E-state index contributed by atoms with van der Waals surface area (Å²) >= 11 is 6.10. The van der Waals surface area contributed by atoms with E-state index in [4.69, 9.17) is 21.1 Å². The molecule has 6 nitrogen and oxygen atoms in total. The number of halogens is 1. The van der Waals surface area contributed by atoms with E-state index in [1.165, 1.54) is 13.0 Å². The Kier molecular flexibility index (Phi) is 6.25. The van der Waals surface area contributed by atoms with Gasteiger partial charge in [0.2, 0.25) is 5.91 Å². The van der Waals surface area contributed by atoms with Crippen molar-refractivity contribution in [3.63, 3.8) is 0 Å². The third-order valence-electron chi connectivity index (χ3n) is 3.49. The number of nitrogens with one attached hydrogen (secondary N) is 2. The molecule has 2 amide bonds. The number of anilines is 1. The molecule has 25 heavy (non-hydrogen) atoms. The predicted molar refractivity (Wildman–Crippen MR) is 96.5 cm³/mol. The van der Waals surface area contributed by atoms with E-state index in [9.17, 15) is 9.59 Å². The van der Waals surface area contributed by atoms with Crippen LogP contribution in [0.2, 0.25) is 5.02 Å². The van der Waals surface area contributed by atoms with Crippen molar-refractivity contribution in [1.29, 1.82) is 0 Å². The van der Waals surface area contributed by atoms with Gasteiger partial charge in [-0.25, -0.2) is 0 Å². The topological polar surface area (TPSA) is 76.7 Å². The number of benzene rings is 2. The minimum absolute atomic E-state index is 0.201. The van der Waals surface area contributed by atoms with E-state index in [0.717, 1.165) is 5.56 Å². The second-order valence-corrected chi connectivity index (χ2v) is 5.61. The van der Waals surface area contributed by atoms with Crippen molar-refractivity contribution in [3.05, 3.63) is 52.5 Å². The van der Waals surface area contributed by atoms with Crippen molar-refractivity contribution in [2.24, 2.45) is 0 Å². The van der Waals surface area contributed by atoms with Gasteiger partial charge in [-0.1, -0.05) is 17.7 Å². The van der Waals surface area contributed by atoms with Crippen LogP contribution in [0.5, 0.6) is 11.5 Å². The quantitative estimate of drug-likeness (QED) is 0.827. The van der Waals surface area contributed by atoms with Crippen LogP contribution in [-0.4, -0.2) is 26.0 Å². The van der Waals surface area contributed by atoms with E-state index in [0.29, 0.717) is 22.2 Å². The molecule has 0 aliphatic rings. The molecule has 0 radical (unpaired) electrons. The van der Waals surface area contributed by atoms with Crippen LogP contribution in [0, 0.1) is 0 Å². The number of hydrogen-bond donors (Lipinski definition) is 2. The summed E-state index contributed by atoms with van der Waals surface area (Å²) < 4.78 is 10.6. The van der Waals surface area contributed by atoms with Crippen molar-refractivity contribution in [1.82, 2.24) is 5.32 Å². The molecule has 0 aromatic heterocycles. The summed E-state index contributed by atoms with van der Waals surface area (Å²) in [6, 6.07) is 10.1. The average molecular weight is 363 g/mol. The van der Waals surface area contributed by atoms with Gasteiger partial charge in [0.1, 0.15) is 11.5 Å². The van der Waals surface area contributed by atoms with E-state index in [-0.39, 0.29) is 23.9 Å². The number of carbonyl (C=O) groups is 2. The maximum atomic E-state index is 12.5. The lowest BCUT2D eigenvalue weighted by molar-refractivity contribution is -0.114. The predicted octanol–water partition coefficient (Wildman–Crippen LogP) is 3.25. The molecule has 2 aromatic carbocycles. The molecule has 132 valence electrons. The molecule has 2 rings (SSSR count). The van der Waals surface area contributed by atoms with Crippen LogP contribution in [0.25, 0.3) is 0 Å². The molecular weight excluding hydrogens is 344 g/mol. The smallest absolute Gasteiger partial charge is 0.253 e. The SMILES string of the molecule is COc1cccc(OC)c1CNC(=O)c1cc(NC(C)=O)ccc1Cl. The number of amides is 2. The summed E-state index contributed by atoms with van der Waals surface area (Å²) in [6.45, 7) is 1.59. The number of rotatable bonds is 6. The molecule has 0 spiro atoms. The van der Waals surface area contributed by atoms with Gasteiger partial charge in [-0.3, -0.25) is 9.59 Å². The summed E-state index contributed by atoms with van der Waals surface area (Å²) in [4.78, 5) is 23.6. The number of methoxy groups -OCH3 is 2. The Balaban J connectivity index is 2.20. The molecule has 2 N–H and O–H groups in total. The van der Waals surface area contributed by atoms with Crippen LogP contribution in [0.4, 0.5) is 5.69 Å². The van der Waals surface area contributed by atoms with Gasteiger partial charge >= 0.3 is 0 Å². The Hall–Kier alpha value is -2.73. The van der Waals surface area contributed by atoms with Crippen LogP contribution in [-0.2, 0) is 11.3 Å². The van der Waals surface area contributed by atoms with Crippen molar-refractivity contribution in [3.8, 4) is 11.5 Å². The number of hydrogen-bond acceptors (Lipinski definition) is 4. The fraction of sp³-hybridized carbons (Fsp3) is 0.222. The second kappa shape index (κ2) is 8.39. The van der Waals surface area contributed by atoms with Gasteiger partial charge in [0.25, 0.3) is 5.91 Å². The van der Waals surface area contributed by atoms with Gasteiger partial charge in [0.05, 0.1) is 36.9 Å². The van der Waals surface area contributed by atoms with Gasteiger partial charge in [-0.15, -0.1) is 0 Å². The Morgan fingerprint density at radius 1 is 1.08 bits per heavy atom. The normalized spacial score (nSPS) is 10.1. The lowest BCUT2D eigenvalue weighted by Gasteiger charge is -2.14. The zero-order valence-electron chi connectivity index (χ0n) is 14.2. The van der Waals surface area contributed by atoms with Gasteiger partial charge in [0.15, 0.2) is 0 Å². The van der Waals surface area contributed by atoms with E-state index in [1.807, 2.05) is 0 Å². The Morgan fingerprint density at radius 2 is 1.72 bits per heavy atom. The van der Waals surface area contributed by atoms with Crippen LogP contribution in [0.15, 0.2) is 36.4 Å². The molecule has 0 bridgehead atoms. The van der Waals surface area contributed by atoms with E-state index in [2.05, 4.69) is 10.6 Å². The highest BCUT2D eigenvalue weighted by molar-refractivity contribution is 6.34. The Morgan fingerprint density at radius 3 is 2.28 bits per heavy atom. The third-order valence-corrected chi connectivity index (χ3v) is 3.82. The maximum absolute atomic E-state index is 12.5. The largest absolute Gasteiger partial charge is 0.496 e. The standard InChI is InChI=1S/C18H19ClN2O4/c1-11(22)21-12-7-8-15(19)13(9-12)18(23)20-10-14-16(24-2)5-4-6-17(14)25-3/h4-9H,10H2,1-3H3,(H,20,23)(H,21,22). The third kappa shape index (κ3) is 4.64. The van der Waals surface area contributed by atoms with Crippen molar-refractivity contribution in [2.45, 2.75) is 13.5 Å². The van der Waals surface area contributed by atoms with E-state index < -0.39 is 0 Å². The Labute approximate surface area is 151 Å². The number of carbonyl (C=O) groups excluding carboxylic acids is 2. The van der Waals surface area contributed by atoms with E-state index in [1.54, 1.807) is 44.6 Å². The zero-order valence-corrected chi connectivity index (χ0v) is 14.9. The lowest BCUT2D eigenvalue weighted by atomic mass is 10.1. The monoisotopic (exact) mass is 362 g/mol. The highest BCUT2D eigenvalue weighted by Gasteiger charge is 2.15. The minimum Gasteiger partial charge on any atom is -0.496 e. The molecule has 0 unspecified atom stereocenters. The first-order valence-electron chi connectivity index (χ1n) is 7.51. The Bertz CT molecular complexity index is 770. The first-order chi connectivity index (χ1) is 12.0. The fourth-order valence-electron chi connectivity index (χ4n) is 2.35. The molecule has 0 aliphatic carbocycles. The molecule has 0 saturated carbocycles. The molecular formula is C18H19ClN2O4. The molecule has 7 heteroatoms. The minimum atomic E-state index is -0.370. The first-order valence-corrected chi connectivity index (χ1v) is 7.89. The fourth-order valence-corrected chi connectivity index (χ4v) is 2.55. The van der Waals surface area contributed by atoms with Gasteiger partial charge in [-0.05, 0) is 30.3 Å². The zero-order chi connectivity index (χ0) is 18.4. The van der Waals surface area contributed by atoms with Gasteiger partial charge in [0, 0.05) is 12.6 Å². The second-order valence-electron chi connectivity index (χ2n) is 5.20. The van der Waals surface area contributed by atoms with Gasteiger partial charge in [-0.2, -0.15) is 0 Å². The van der Waals surface area contributed by atoms with Crippen LogP contribution < -0.4 is 20.1 Å². The highest BCUT2D eigenvalue weighted by atomic mass is 35.5. The summed E-state index contributed by atoms with van der Waals surface area (Å²) in [6.07, 6.45) is 0. The lowest BCUT2D eigenvalue weighted by Crippen LogP contribution is -2.24. The van der Waals surface area contributed by atoms with Crippen molar-refractivity contribution < 1.29 is 19.1 Å².